The predicted octanol–water partition coefficient (Wildman–Crippen LogP) is 4.23. The maximum Gasteiger partial charge on any atom is 0.233 e. The van der Waals surface area contributed by atoms with Crippen molar-refractivity contribution in [3.8, 4) is 0 Å². The average molecular weight is 356 g/mol. The van der Waals surface area contributed by atoms with Gasteiger partial charge < -0.3 is 4.42 Å². The third kappa shape index (κ3) is 3.00. The van der Waals surface area contributed by atoms with Gasteiger partial charge in [-0.15, -0.1) is 10.2 Å². The number of aromatic nitrogens is 3. The number of nitrogens with zero attached hydrogens (tertiary/aromatic N) is 4. The Morgan fingerprint density at radius 3 is 2.70 bits per heavy atom. The highest BCUT2D eigenvalue weighted by molar-refractivity contribution is 5.81. The van der Waals surface area contributed by atoms with Crippen LogP contribution in [0.3, 0.4) is 0 Å². The summed E-state index contributed by atoms with van der Waals surface area (Å²) in [4.78, 5) is 7.03. The summed E-state index contributed by atoms with van der Waals surface area (Å²) in [5, 5.41) is 9.54. The fraction of sp³-hybridized carbons (Fsp3) is 0.227. The minimum Gasteiger partial charge on any atom is -0.424 e. The van der Waals surface area contributed by atoms with Gasteiger partial charge in [0.05, 0.1) is 11.6 Å². The van der Waals surface area contributed by atoms with Gasteiger partial charge in [-0.25, -0.2) is 0 Å². The van der Waals surface area contributed by atoms with E-state index in [1.54, 1.807) is 0 Å². The van der Waals surface area contributed by atoms with E-state index in [2.05, 4.69) is 68.6 Å². The predicted molar refractivity (Wildman–Crippen MR) is 103 cm³/mol. The van der Waals surface area contributed by atoms with Crippen molar-refractivity contribution < 1.29 is 4.42 Å². The Labute approximate surface area is 157 Å². The number of pyridine rings is 1. The van der Waals surface area contributed by atoms with E-state index in [4.69, 9.17) is 4.42 Å². The number of rotatable bonds is 3. The molecular formula is C22H20N4O. The molecule has 1 aliphatic rings. The van der Waals surface area contributed by atoms with Crippen LogP contribution in [0.5, 0.6) is 0 Å². The van der Waals surface area contributed by atoms with Gasteiger partial charge in [0.2, 0.25) is 11.8 Å². The molecule has 0 saturated carbocycles. The van der Waals surface area contributed by atoms with Crippen LogP contribution in [0.25, 0.3) is 10.9 Å². The van der Waals surface area contributed by atoms with Crippen LogP contribution in [0.4, 0.5) is 0 Å². The number of hydrogen-bond donors (Lipinski definition) is 0. The summed E-state index contributed by atoms with van der Waals surface area (Å²) in [5.41, 5.74) is 4.98. The lowest BCUT2D eigenvalue weighted by atomic mass is 9.93. The summed E-state index contributed by atoms with van der Waals surface area (Å²) in [7, 11) is 0. The number of fused-ring (bicyclic) bond motifs is 2. The highest BCUT2D eigenvalue weighted by Gasteiger charge is 2.31. The van der Waals surface area contributed by atoms with Crippen LogP contribution in [0.1, 0.15) is 34.5 Å². The van der Waals surface area contributed by atoms with E-state index < -0.39 is 0 Å². The third-order valence-corrected chi connectivity index (χ3v) is 5.26. The summed E-state index contributed by atoms with van der Waals surface area (Å²) in [5.74, 6) is 1.30. The van der Waals surface area contributed by atoms with Gasteiger partial charge >= 0.3 is 0 Å². The Morgan fingerprint density at radius 1 is 1.00 bits per heavy atom. The standard InChI is InChI=1S/C22H20N4O/c1-15-24-25-22(27-15)20-12-17-6-2-3-7-18(17)13-26(20)14-19-9-4-8-16-10-5-11-23-21(16)19/h2-11,20H,12-14H2,1H3/t20-/m0/s1. The molecule has 2 aromatic carbocycles. The van der Waals surface area contributed by atoms with Crippen LogP contribution >= 0.6 is 0 Å². The number of hydrogen-bond acceptors (Lipinski definition) is 5. The molecule has 27 heavy (non-hydrogen) atoms. The molecule has 5 rings (SSSR count). The number of para-hydroxylation sites is 1. The Hall–Kier alpha value is -3.05. The van der Waals surface area contributed by atoms with E-state index in [0.717, 1.165) is 30.4 Å². The van der Waals surface area contributed by atoms with Crippen molar-refractivity contribution in [2.24, 2.45) is 0 Å². The van der Waals surface area contributed by atoms with Crippen LogP contribution in [-0.4, -0.2) is 20.1 Å². The normalized spacial score (nSPS) is 17.1. The zero-order valence-corrected chi connectivity index (χ0v) is 15.2. The number of benzene rings is 2. The second-order valence-corrected chi connectivity index (χ2v) is 7.05. The minimum absolute atomic E-state index is 0.0695. The molecule has 0 N–H and O–H groups in total. The first kappa shape index (κ1) is 16.1. The molecule has 0 aliphatic carbocycles. The zero-order chi connectivity index (χ0) is 18.2. The second-order valence-electron chi connectivity index (χ2n) is 7.05. The summed E-state index contributed by atoms with van der Waals surface area (Å²) in [6.07, 6.45) is 2.73. The average Bonchev–Trinajstić information content (AvgIpc) is 3.14. The molecule has 0 radical (unpaired) electrons. The molecule has 0 fully saturated rings. The molecule has 2 aromatic heterocycles. The molecule has 1 aliphatic heterocycles. The third-order valence-electron chi connectivity index (χ3n) is 5.26. The van der Waals surface area contributed by atoms with Crippen molar-refractivity contribution in [1.82, 2.24) is 20.1 Å². The highest BCUT2D eigenvalue weighted by atomic mass is 16.4. The number of aryl methyl sites for hydroxylation is 1. The van der Waals surface area contributed by atoms with Crippen LogP contribution in [0.2, 0.25) is 0 Å². The molecular weight excluding hydrogens is 336 g/mol. The topological polar surface area (TPSA) is 55.1 Å². The Bertz CT molecular complexity index is 1100. The van der Waals surface area contributed by atoms with Crippen LogP contribution in [0.15, 0.2) is 65.2 Å². The molecule has 0 amide bonds. The van der Waals surface area contributed by atoms with Crippen molar-refractivity contribution in [3.05, 3.63) is 89.3 Å². The Morgan fingerprint density at radius 2 is 1.85 bits per heavy atom. The van der Waals surface area contributed by atoms with Gasteiger partial charge in [0.15, 0.2) is 0 Å². The lowest BCUT2D eigenvalue weighted by Crippen LogP contribution is -2.34. The van der Waals surface area contributed by atoms with E-state index in [-0.39, 0.29) is 6.04 Å². The quantitative estimate of drug-likeness (QED) is 0.550. The van der Waals surface area contributed by atoms with E-state index in [1.165, 1.54) is 16.7 Å². The minimum atomic E-state index is 0.0695. The van der Waals surface area contributed by atoms with Crippen LogP contribution in [-0.2, 0) is 19.5 Å². The van der Waals surface area contributed by atoms with E-state index >= 15 is 0 Å². The Kier molecular flexibility index (Phi) is 3.94. The monoisotopic (exact) mass is 356 g/mol. The van der Waals surface area contributed by atoms with E-state index in [9.17, 15) is 0 Å². The first-order valence-electron chi connectivity index (χ1n) is 9.21. The van der Waals surface area contributed by atoms with Crippen molar-refractivity contribution in [1.29, 1.82) is 0 Å². The van der Waals surface area contributed by atoms with Gasteiger partial charge in [0.25, 0.3) is 0 Å². The SMILES string of the molecule is Cc1nnc([C@@H]2Cc3ccccc3CN2Cc2cccc3cccnc23)o1. The summed E-state index contributed by atoms with van der Waals surface area (Å²) in [6.45, 7) is 3.48. The molecule has 4 aromatic rings. The summed E-state index contributed by atoms with van der Waals surface area (Å²) >= 11 is 0. The van der Waals surface area contributed by atoms with E-state index in [0.29, 0.717) is 11.8 Å². The fourth-order valence-electron chi connectivity index (χ4n) is 3.95. The highest BCUT2D eigenvalue weighted by Crippen LogP contribution is 2.34. The summed E-state index contributed by atoms with van der Waals surface area (Å²) < 4.78 is 5.81. The largest absolute Gasteiger partial charge is 0.424 e. The van der Waals surface area contributed by atoms with Crippen molar-refractivity contribution in [2.75, 3.05) is 0 Å². The molecule has 1 atom stereocenters. The molecule has 3 heterocycles. The lowest BCUT2D eigenvalue weighted by Gasteiger charge is -2.35. The molecule has 0 bridgehead atoms. The maximum absolute atomic E-state index is 5.81. The van der Waals surface area contributed by atoms with Gasteiger partial charge in [-0.05, 0) is 29.2 Å². The molecule has 5 nitrogen and oxygen atoms in total. The van der Waals surface area contributed by atoms with Gasteiger partial charge in [-0.2, -0.15) is 0 Å². The van der Waals surface area contributed by atoms with Crippen molar-refractivity contribution in [3.63, 3.8) is 0 Å². The molecule has 5 heteroatoms. The van der Waals surface area contributed by atoms with Crippen LogP contribution < -0.4 is 0 Å². The molecule has 134 valence electrons. The first-order chi connectivity index (χ1) is 13.3. The van der Waals surface area contributed by atoms with Gasteiger partial charge in [-0.3, -0.25) is 9.88 Å². The fourth-order valence-corrected chi connectivity index (χ4v) is 3.95. The molecule has 0 unspecified atom stereocenters. The second kappa shape index (κ2) is 6.59. The van der Waals surface area contributed by atoms with Crippen LogP contribution in [0, 0.1) is 6.92 Å². The van der Waals surface area contributed by atoms with Crippen molar-refractivity contribution in [2.45, 2.75) is 32.5 Å². The van der Waals surface area contributed by atoms with Crippen molar-refractivity contribution >= 4 is 10.9 Å². The summed E-state index contributed by atoms with van der Waals surface area (Å²) in [6, 6.07) is 19.1. The van der Waals surface area contributed by atoms with Gasteiger partial charge in [-0.1, -0.05) is 48.5 Å². The Balaban J connectivity index is 1.55. The molecule has 0 saturated heterocycles. The smallest absolute Gasteiger partial charge is 0.233 e. The zero-order valence-electron chi connectivity index (χ0n) is 15.2. The first-order valence-corrected chi connectivity index (χ1v) is 9.21. The van der Waals surface area contributed by atoms with E-state index in [1.807, 2.05) is 19.2 Å². The van der Waals surface area contributed by atoms with Gasteiger partial charge in [0.1, 0.15) is 0 Å². The molecule has 0 spiro atoms. The van der Waals surface area contributed by atoms with Gasteiger partial charge in [0, 0.05) is 31.6 Å². The lowest BCUT2D eigenvalue weighted by molar-refractivity contribution is 0.138. The maximum atomic E-state index is 5.81.